The van der Waals surface area contributed by atoms with E-state index in [0.717, 1.165) is 25.6 Å². The topological polar surface area (TPSA) is 18.5 Å². The monoisotopic (exact) mass is 287 g/mol. The second-order valence-electron chi connectivity index (χ2n) is 6.94. The Hall–Kier alpha value is -1.22. The van der Waals surface area contributed by atoms with Crippen LogP contribution in [0.2, 0.25) is 0 Å². The Balaban J connectivity index is 1.63. The van der Waals surface area contributed by atoms with E-state index >= 15 is 0 Å². The molecule has 2 heterocycles. The molecule has 0 radical (unpaired) electrons. The first-order valence-corrected chi connectivity index (χ1v) is 8.56. The summed E-state index contributed by atoms with van der Waals surface area (Å²) in [6.07, 6.45) is 3.95. The van der Waals surface area contributed by atoms with E-state index in [-0.39, 0.29) is 0 Å². The number of benzene rings is 1. The minimum atomic E-state index is 0.636. The molecule has 0 bridgehead atoms. The normalized spacial score (nSPS) is 23.1. The molecule has 0 saturated carbocycles. The molecule has 3 rings (SSSR count). The Morgan fingerprint density at radius 1 is 1.00 bits per heavy atom. The lowest BCUT2D eigenvalue weighted by molar-refractivity contribution is 0.388. The second-order valence-corrected chi connectivity index (χ2v) is 6.94. The summed E-state index contributed by atoms with van der Waals surface area (Å²) in [5, 5.41) is 3.66. The van der Waals surface area contributed by atoms with Gasteiger partial charge in [-0.1, -0.05) is 13.8 Å². The van der Waals surface area contributed by atoms with Crippen molar-refractivity contribution in [3.8, 4) is 0 Å². The molecule has 1 atom stereocenters. The fourth-order valence-electron chi connectivity index (χ4n) is 3.64. The zero-order valence-electron chi connectivity index (χ0n) is 13.5. The van der Waals surface area contributed by atoms with Gasteiger partial charge in [0.2, 0.25) is 0 Å². The molecular weight excluding hydrogens is 258 g/mol. The van der Waals surface area contributed by atoms with Gasteiger partial charge in [-0.15, -0.1) is 0 Å². The highest BCUT2D eigenvalue weighted by atomic mass is 15.2. The summed E-state index contributed by atoms with van der Waals surface area (Å²) in [6.45, 7) is 10.4. The van der Waals surface area contributed by atoms with Crippen LogP contribution in [0.1, 0.15) is 33.1 Å². The molecule has 0 spiro atoms. The lowest BCUT2D eigenvalue weighted by Crippen LogP contribution is -2.51. The van der Waals surface area contributed by atoms with Gasteiger partial charge in [0.05, 0.1) is 0 Å². The molecule has 0 amide bonds. The van der Waals surface area contributed by atoms with Gasteiger partial charge in [0, 0.05) is 50.1 Å². The van der Waals surface area contributed by atoms with Gasteiger partial charge in [0.25, 0.3) is 0 Å². The van der Waals surface area contributed by atoms with Crippen LogP contribution in [0, 0.1) is 5.92 Å². The third kappa shape index (κ3) is 3.70. The number of rotatable bonds is 4. The third-order valence-corrected chi connectivity index (χ3v) is 4.70. The molecule has 1 unspecified atom stereocenters. The fourth-order valence-corrected chi connectivity index (χ4v) is 3.64. The summed E-state index contributed by atoms with van der Waals surface area (Å²) in [7, 11) is 0. The van der Waals surface area contributed by atoms with Crippen molar-refractivity contribution < 1.29 is 0 Å². The lowest BCUT2D eigenvalue weighted by Gasteiger charge is -2.36. The van der Waals surface area contributed by atoms with Gasteiger partial charge in [0.15, 0.2) is 0 Å². The average Bonchev–Trinajstić information content (AvgIpc) is 3.01. The van der Waals surface area contributed by atoms with Crippen LogP contribution in [0.5, 0.6) is 0 Å². The molecule has 2 aliphatic heterocycles. The summed E-state index contributed by atoms with van der Waals surface area (Å²) < 4.78 is 0. The van der Waals surface area contributed by atoms with Gasteiger partial charge in [0.1, 0.15) is 0 Å². The van der Waals surface area contributed by atoms with E-state index in [1.54, 1.807) is 0 Å². The zero-order valence-corrected chi connectivity index (χ0v) is 13.5. The predicted molar refractivity (Wildman–Crippen MR) is 91.3 cm³/mol. The molecule has 0 aliphatic carbocycles. The number of hydrogen-bond acceptors (Lipinski definition) is 3. The van der Waals surface area contributed by atoms with Gasteiger partial charge in [-0.2, -0.15) is 0 Å². The average molecular weight is 287 g/mol. The highest BCUT2D eigenvalue weighted by Gasteiger charge is 2.20. The summed E-state index contributed by atoms with van der Waals surface area (Å²) >= 11 is 0. The number of nitrogens with zero attached hydrogens (tertiary/aromatic N) is 2. The molecule has 1 N–H and O–H groups in total. The number of nitrogens with one attached hydrogen (secondary N) is 1. The van der Waals surface area contributed by atoms with E-state index in [4.69, 9.17) is 0 Å². The van der Waals surface area contributed by atoms with Crippen molar-refractivity contribution >= 4 is 11.4 Å². The smallest absolute Gasteiger partial charge is 0.0368 e. The Labute approximate surface area is 129 Å². The van der Waals surface area contributed by atoms with Crippen LogP contribution in [0.25, 0.3) is 0 Å². The molecule has 3 heteroatoms. The molecule has 2 saturated heterocycles. The molecule has 0 aromatic heterocycles. The van der Waals surface area contributed by atoms with Crippen LogP contribution in [0.15, 0.2) is 24.3 Å². The van der Waals surface area contributed by atoms with Crippen LogP contribution < -0.4 is 15.1 Å². The Kier molecular flexibility index (Phi) is 4.69. The number of anilines is 2. The minimum absolute atomic E-state index is 0.636. The Bertz CT molecular complexity index is 434. The molecule has 21 heavy (non-hydrogen) atoms. The van der Waals surface area contributed by atoms with Gasteiger partial charge in [-0.05, 0) is 49.4 Å². The van der Waals surface area contributed by atoms with Crippen molar-refractivity contribution in [1.29, 1.82) is 0 Å². The molecular formula is C18H29N3. The summed E-state index contributed by atoms with van der Waals surface area (Å²) in [6, 6.07) is 9.87. The number of hydrogen-bond donors (Lipinski definition) is 1. The Morgan fingerprint density at radius 2 is 1.62 bits per heavy atom. The van der Waals surface area contributed by atoms with E-state index < -0.39 is 0 Å². The van der Waals surface area contributed by atoms with Crippen LogP contribution >= 0.6 is 0 Å². The molecule has 1 aromatic carbocycles. The van der Waals surface area contributed by atoms with Crippen LogP contribution in [-0.2, 0) is 0 Å². The van der Waals surface area contributed by atoms with E-state index in [2.05, 4.69) is 53.2 Å². The predicted octanol–water partition coefficient (Wildman–Crippen LogP) is 3.11. The highest BCUT2D eigenvalue weighted by Crippen LogP contribution is 2.25. The van der Waals surface area contributed by atoms with Crippen molar-refractivity contribution in [3.63, 3.8) is 0 Å². The maximum Gasteiger partial charge on any atom is 0.0368 e. The Morgan fingerprint density at radius 3 is 2.24 bits per heavy atom. The second kappa shape index (κ2) is 6.69. The van der Waals surface area contributed by atoms with E-state index in [1.165, 1.54) is 43.7 Å². The van der Waals surface area contributed by atoms with Crippen LogP contribution in [0.3, 0.4) is 0 Å². The van der Waals surface area contributed by atoms with Crippen LogP contribution in [0.4, 0.5) is 11.4 Å². The van der Waals surface area contributed by atoms with E-state index in [1.807, 2.05) is 0 Å². The maximum absolute atomic E-state index is 3.66. The van der Waals surface area contributed by atoms with Crippen molar-refractivity contribution in [2.24, 2.45) is 5.92 Å². The molecule has 2 aliphatic rings. The standard InChI is InChI=1S/C18H29N3/c1-15(2)13-16-14-21(12-9-19-16)18-7-5-17(6-8-18)20-10-3-4-11-20/h5-8,15-16,19H,3-4,9-14H2,1-2H3. The van der Waals surface area contributed by atoms with Gasteiger partial charge in [-0.25, -0.2) is 0 Å². The molecule has 3 nitrogen and oxygen atoms in total. The third-order valence-electron chi connectivity index (χ3n) is 4.70. The minimum Gasteiger partial charge on any atom is -0.372 e. The fraction of sp³-hybridized carbons (Fsp3) is 0.667. The van der Waals surface area contributed by atoms with E-state index in [9.17, 15) is 0 Å². The summed E-state index contributed by atoms with van der Waals surface area (Å²) in [5.74, 6) is 0.764. The molecule has 1 aromatic rings. The van der Waals surface area contributed by atoms with Crippen LogP contribution in [-0.4, -0.2) is 38.8 Å². The first-order chi connectivity index (χ1) is 10.2. The quantitative estimate of drug-likeness (QED) is 0.918. The zero-order chi connectivity index (χ0) is 14.7. The van der Waals surface area contributed by atoms with Crippen molar-refractivity contribution in [1.82, 2.24) is 5.32 Å². The first-order valence-electron chi connectivity index (χ1n) is 8.56. The highest BCUT2D eigenvalue weighted by molar-refractivity contribution is 5.57. The van der Waals surface area contributed by atoms with Crippen molar-refractivity contribution in [2.45, 2.75) is 39.2 Å². The number of piperazine rings is 1. The summed E-state index contributed by atoms with van der Waals surface area (Å²) in [5.41, 5.74) is 2.78. The molecule has 2 fully saturated rings. The van der Waals surface area contributed by atoms with Gasteiger partial charge < -0.3 is 15.1 Å². The SMILES string of the molecule is CC(C)CC1CN(c2ccc(N3CCCC3)cc2)CCN1. The largest absolute Gasteiger partial charge is 0.372 e. The summed E-state index contributed by atoms with van der Waals surface area (Å²) in [4.78, 5) is 5.04. The maximum atomic E-state index is 3.66. The van der Waals surface area contributed by atoms with Crippen molar-refractivity contribution in [3.05, 3.63) is 24.3 Å². The van der Waals surface area contributed by atoms with Gasteiger partial charge >= 0.3 is 0 Å². The first kappa shape index (κ1) is 14.7. The van der Waals surface area contributed by atoms with Crippen molar-refractivity contribution in [2.75, 3.05) is 42.5 Å². The van der Waals surface area contributed by atoms with Gasteiger partial charge in [-0.3, -0.25) is 0 Å². The lowest BCUT2D eigenvalue weighted by atomic mass is 10.0. The molecule has 116 valence electrons. The van der Waals surface area contributed by atoms with E-state index in [0.29, 0.717) is 6.04 Å².